The summed E-state index contributed by atoms with van der Waals surface area (Å²) in [5.74, 6) is 1.31. The standard InChI is InChI=1S/C18H26N4O4S/c1-13-11-22(12-14(2)26-13)27(23,24)20-17(18-19-9-10-21(18)3)15-5-7-16(25-4)8-6-15/h5-10,13-14,17,20H,11-12H2,1-4H3/t13-,14-,17-/m0/s1. The lowest BCUT2D eigenvalue weighted by Gasteiger charge is -2.35. The molecule has 0 spiro atoms. The number of nitrogens with zero attached hydrogens (tertiary/aromatic N) is 3. The zero-order valence-corrected chi connectivity index (χ0v) is 16.8. The van der Waals surface area contributed by atoms with Crippen molar-refractivity contribution < 1.29 is 17.9 Å². The Labute approximate surface area is 160 Å². The molecule has 0 unspecified atom stereocenters. The van der Waals surface area contributed by atoms with Crippen LogP contribution in [-0.2, 0) is 22.0 Å². The van der Waals surface area contributed by atoms with E-state index >= 15 is 0 Å². The van der Waals surface area contributed by atoms with Crippen molar-refractivity contribution in [3.05, 3.63) is 48.0 Å². The van der Waals surface area contributed by atoms with Gasteiger partial charge in [-0.15, -0.1) is 0 Å². The maximum atomic E-state index is 13.1. The molecule has 0 radical (unpaired) electrons. The van der Waals surface area contributed by atoms with E-state index in [0.717, 1.165) is 5.56 Å². The van der Waals surface area contributed by atoms with Crippen molar-refractivity contribution in [2.24, 2.45) is 7.05 Å². The molecule has 1 aromatic heterocycles. The van der Waals surface area contributed by atoms with Crippen molar-refractivity contribution in [3.63, 3.8) is 0 Å². The van der Waals surface area contributed by atoms with E-state index in [-0.39, 0.29) is 12.2 Å². The van der Waals surface area contributed by atoms with Gasteiger partial charge in [-0.05, 0) is 31.5 Å². The van der Waals surface area contributed by atoms with Crippen LogP contribution < -0.4 is 9.46 Å². The second kappa shape index (κ2) is 7.97. The van der Waals surface area contributed by atoms with Crippen LogP contribution in [0.15, 0.2) is 36.7 Å². The smallest absolute Gasteiger partial charge is 0.280 e. The van der Waals surface area contributed by atoms with Crippen LogP contribution >= 0.6 is 0 Å². The Balaban J connectivity index is 1.92. The van der Waals surface area contributed by atoms with E-state index < -0.39 is 16.3 Å². The van der Waals surface area contributed by atoms with Gasteiger partial charge >= 0.3 is 0 Å². The average molecular weight is 394 g/mol. The molecule has 1 aliphatic rings. The number of imidazole rings is 1. The quantitative estimate of drug-likeness (QED) is 0.802. The summed E-state index contributed by atoms with van der Waals surface area (Å²) in [5, 5.41) is 0. The first-order valence-corrected chi connectivity index (χ1v) is 10.3. The summed E-state index contributed by atoms with van der Waals surface area (Å²) in [6.45, 7) is 4.38. The first kappa shape index (κ1) is 19.8. The molecular formula is C18H26N4O4S. The summed E-state index contributed by atoms with van der Waals surface area (Å²) >= 11 is 0. The topological polar surface area (TPSA) is 85.7 Å². The average Bonchev–Trinajstić information content (AvgIpc) is 3.05. The van der Waals surface area contributed by atoms with Crippen molar-refractivity contribution in [2.75, 3.05) is 20.2 Å². The number of nitrogens with one attached hydrogen (secondary N) is 1. The number of aryl methyl sites for hydroxylation is 1. The number of hydrogen-bond donors (Lipinski definition) is 1. The third-order valence-corrected chi connectivity index (χ3v) is 6.07. The van der Waals surface area contributed by atoms with E-state index in [9.17, 15) is 8.42 Å². The highest BCUT2D eigenvalue weighted by Crippen LogP contribution is 2.25. The second-order valence-electron chi connectivity index (χ2n) is 6.80. The lowest BCUT2D eigenvalue weighted by molar-refractivity contribution is -0.0444. The van der Waals surface area contributed by atoms with Gasteiger partial charge in [-0.3, -0.25) is 0 Å². The Morgan fingerprint density at radius 2 is 1.85 bits per heavy atom. The molecule has 8 nitrogen and oxygen atoms in total. The van der Waals surface area contributed by atoms with Crippen molar-refractivity contribution >= 4 is 10.2 Å². The van der Waals surface area contributed by atoms with Crippen LogP contribution in [0, 0.1) is 0 Å². The highest BCUT2D eigenvalue weighted by molar-refractivity contribution is 7.87. The lowest BCUT2D eigenvalue weighted by atomic mass is 10.1. The number of benzene rings is 1. The van der Waals surface area contributed by atoms with Crippen molar-refractivity contribution in [1.29, 1.82) is 0 Å². The summed E-state index contributed by atoms with van der Waals surface area (Å²) in [5.41, 5.74) is 0.781. The Bertz CT molecular complexity index is 856. The van der Waals surface area contributed by atoms with Gasteiger partial charge in [0.2, 0.25) is 0 Å². The number of morpholine rings is 1. The largest absolute Gasteiger partial charge is 0.497 e. The number of aromatic nitrogens is 2. The van der Waals surface area contributed by atoms with Gasteiger partial charge in [-0.25, -0.2) is 4.98 Å². The Morgan fingerprint density at radius 3 is 2.37 bits per heavy atom. The van der Waals surface area contributed by atoms with Crippen LogP contribution in [0.5, 0.6) is 5.75 Å². The number of hydrogen-bond acceptors (Lipinski definition) is 5. The van der Waals surface area contributed by atoms with E-state index in [4.69, 9.17) is 9.47 Å². The van der Waals surface area contributed by atoms with Gasteiger partial charge in [-0.2, -0.15) is 17.4 Å². The summed E-state index contributed by atoms with van der Waals surface area (Å²) < 4.78 is 43.1. The van der Waals surface area contributed by atoms with Crippen molar-refractivity contribution in [3.8, 4) is 5.75 Å². The summed E-state index contributed by atoms with van der Waals surface area (Å²) in [6.07, 6.45) is 3.13. The molecule has 1 saturated heterocycles. The molecule has 0 bridgehead atoms. The van der Waals surface area contributed by atoms with Crippen LogP contribution in [0.1, 0.15) is 31.3 Å². The molecule has 1 N–H and O–H groups in total. The fourth-order valence-electron chi connectivity index (χ4n) is 3.27. The van der Waals surface area contributed by atoms with Crippen LogP contribution in [0.3, 0.4) is 0 Å². The maximum Gasteiger partial charge on any atom is 0.280 e. The molecule has 1 fully saturated rings. The third kappa shape index (κ3) is 4.49. The van der Waals surface area contributed by atoms with E-state index in [1.165, 1.54) is 4.31 Å². The third-order valence-electron chi connectivity index (χ3n) is 4.56. The molecule has 9 heteroatoms. The Kier molecular flexibility index (Phi) is 5.85. The monoisotopic (exact) mass is 394 g/mol. The van der Waals surface area contributed by atoms with Gasteiger partial charge in [0.1, 0.15) is 17.6 Å². The zero-order valence-electron chi connectivity index (χ0n) is 16.0. The predicted molar refractivity (Wildman–Crippen MR) is 102 cm³/mol. The molecule has 0 aliphatic carbocycles. The number of rotatable bonds is 6. The van der Waals surface area contributed by atoms with Gasteiger partial charge in [0.25, 0.3) is 10.2 Å². The minimum Gasteiger partial charge on any atom is -0.497 e. The molecule has 3 rings (SSSR count). The molecule has 2 heterocycles. The molecule has 3 atom stereocenters. The zero-order chi connectivity index (χ0) is 19.6. The lowest BCUT2D eigenvalue weighted by Crippen LogP contribution is -2.52. The summed E-state index contributed by atoms with van der Waals surface area (Å²) in [7, 11) is -0.305. The molecular weight excluding hydrogens is 368 g/mol. The first-order valence-electron chi connectivity index (χ1n) is 8.84. The van der Waals surface area contributed by atoms with E-state index in [0.29, 0.717) is 24.7 Å². The normalized spacial score (nSPS) is 22.5. The second-order valence-corrected chi connectivity index (χ2v) is 8.50. The van der Waals surface area contributed by atoms with E-state index in [1.807, 2.05) is 37.6 Å². The fourth-order valence-corrected chi connectivity index (χ4v) is 4.77. The number of methoxy groups -OCH3 is 1. The van der Waals surface area contributed by atoms with Gasteiger partial charge < -0.3 is 14.0 Å². The molecule has 27 heavy (non-hydrogen) atoms. The van der Waals surface area contributed by atoms with E-state index in [2.05, 4.69) is 9.71 Å². The summed E-state index contributed by atoms with van der Waals surface area (Å²) in [4.78, 5) is 4.36. The summed E-state index contributed by atoms with van der Waals surface area (Å²) in [6, 6.07) is 6.67. The molecule has 0 saturated carbocycles. The molecule has 1 aliphatic heterocycles. The van der Waals surface area contributed by atoms with Crippen LogP contribution in [-0.4, -0.2) is 54.7 Å². The molecule has 148 valence electrons. The van der Waals surface area contributed by atoms with Gasteiger partial charge in [-0.1, -0.05) is 12.1 Å². The van der Waals surface area contributed by atoms with Crippen LogP contribution in [0.2, 0.25) is 0 Å². The van der Waals surface area contributed by atoms with Gasteiger partial charge in [0.15, 0.2) is 0 Å². The molecule has 1 aromatic carbocycles. The first-order chi connectivity index (χ1) is 12.8. The Hall–Kier alpha value is -1.94. The number of ether oxygens (including phenoxy) is 2. The Morgan fingerprint density at radius 1 is 1.22 bits per heavy atom. The van der Waals surface area contributed by atoms with Crippen LogP contribution in [0.25, 0.3) is 0 Å². The molecule has 0 amide bonds. The van der Waals surface area contributed by atoms with Gasteiger partial charge in [0, 0.05) is 32.5 Å². The fraction of sp³-hybridized carbons (Fsp3) is 0.500. The highest BCUT2D eigenvalue weighted by Gasteiger charge is 2.34. The minimum absolute atomic E-state index is 0.155. The van der Waals surface area contributed by atoms with Crippen molar-refractivity contribution in [1.82, 2.24) is 18.6 Å². The predicted octanol–water partition coefficient (Wildman–Crippen LogP) is 1.46. The van der Waals surface area contributed by atoms with Crippen molar-refractivity contribution in [2.45, 2.75) is 32.1 Å². The van der Waals surface area contributed by atoms with Gasteiger partial charge in [0.05, 0.1) is 19.3 Å². The highest BCUT2D eigenvalue weighted by atomic mass is 32.2. The SMILES string of the molecule is COc1ccc([C@H](NS(=O)(=O)N2C[C@H](C)O[C@@H](C)C2)c2nccn2C)cc1. The van der Waals surface area contributed by atoms with Crippen LogP contribution in [0.4, 0.5) is 0 Å². The molecule has 2 aromatic rings. The maximum absolute atomic E-state index is 13.1. The van der Waals surface area contributed by atoms with E-state index in [1.54, 1.807) is 31.6 Å². The minimum atomic E-state index is -3.74.